The molecule has 7 nitrogen and oxygen atoms in total. The third-order valence-electron chi connectivity index (χ3n) is 3.57. The number of rotatable bonds is 5. The van der Waals surface area contributed by atoms with E-state index < -0.39 is 15.7 Å². The molecule has 0 aliphatic heterocycles. The lowest BCUT2D eigenvalue weighted by Gasteiger charge is -2.02. The van der Waals surface area contributed by atoms with Crippen molar-refractivity contribution in [2.45, 2.75) is 11.8 Å². The van der Waals surface area contributed by atoms with E-state index in [0.717, 1.165) is 0 Å². The van der Waals surface area contributed by atoms with Gasteiger partial charge >= 0.3 is 6.01 Å². The van der Waals surface area contributed by atoms with E-state index in [4.69, 9.17) is 16.0 Å². The van der Waals surface area contributed by atoms with E-state index in [1.165, 1.54) is 18.2 Å². The van der Waals surface area contributed by atoms with Crippen LogP contribution in [0.3, 0.4) is 0 Å². The fourth-order valence-electron chi connectivity index (χ4n) is 2.16. The van der Waals surface area contributed by atoms with Crippen molar-refractivity contribution < 1.29 is 17.6 Å². The van der Waals surface area contributed by atoms with Crippen LogP contribution in [0, 0.1) is 0 Å². The molecule has 0 saturated heterocycles. The first-order valence-corrected chi connectivity index (χ1v) is 9.65. The summed E-state index contributed by atoms with van der Waals surface area (Å²) in [5.74, 6) is -0.258. The summed E-state index contributed by atoms with van der Waals surface area (Å²) in [6.07, 6.45) is 0. The van der Waals surface area contributed by atoms with Gasteiger partial charge in [-0.1, -0.05) is 29.7 Å². The van der Waals surface area contributed by atoms with Crippen molar-refractivity contribution in [3.63, 3.8) is 0 Å². The lowest BCUT2D eigenvalue weighted by atomic mass is 10.2. The van der Waals surface area contributed by atoms with Gasteiger partial charge in [0.15, 0.2) is 9.84 Å². The van der Waals surface area contributed by atoms with Gasteiger partial charge in [-0.25, -0.2) is 8.42 Å². The number of benzene rings is 2. The van der Waals surface area contributed by atoms with Crippen molar-refractivity contribution in [2.75, 3.05) is 11.1 Å². The zero-order valence-electron chi connectivity index (χ0n) is 13.6. The quantitative estimate of drug-likeness (QED) is 0.714. The first-order chi connectivity index (χ1) is 12.4. The van der Waals surface area contributed by atoms with Gasteiger partial charge in [-0.15, -0.1) is 5.10 Å². The van der Waals surface area contributed by atoms with Crippen molar-refractivity contribution in [1.82, 2.24) is 10.2 Å². The molecular formula is C17H14ClN3O4S. The molecule has 0 spiro atoms. The van der Waals surface area contributed by atoms with Gasteiger partial charge in [-0.2, -0.15) is 0 Å². The van der Waals surface area contributed by atoms with Crippen molar-refractivity contribution in [1.29, 1.82) is 0 Å². The van der Waals surface area contributed by atoms with Crippen molar-refractivity contribution in [2.24, 2.45) is 0 Å². The highest BCUT2D eigenvalue weighted by Gasteiger charge is 2.15. The lowest BCUT2D eigenvalue weighted by Crippen LogP contribution is -2.11. The van der Waals surface area contributed by atoms with Gasteiger partial charge in [0.05, 0.1) is 10.6 Å². The summed E-state index contributed by atoms with van der Waals surface area (Å²) < 4.78 is 29.1. The fraction of sp³-hybridized carbons (Fsp3) is 0.118. The van der Waals surface area contributed by atoms with Crippen molar-refractivity contribution in [3.05, 3.63) is 59.1 Å². The molecule has 1 aromatic heterocycles. The number of nitrogens with one attached hydrogen (secondary N) is 1. The second-order valence-corrected chi connectivity index (χ2v) is 8.02. The summed E-state index contributed by atoms with van der Waals surface area (Å²) in [7, 11) is -3.28. The Morgan fingerprint density at radius 2 is 1.88 bits per heavy atom. The molecule has 9 heteroatoms. The summed E-state index contributed by atoms with van der Waals surface area (Å²) in [4.78, 5) is 12.4. The van der Waals surface area contributed by atoms with Crippen LogP contribution in [-0.2, 0) is 9.84 Å². The molecule has 0 radical (unpaired) electrons. The minimum absolute atomic E-state index is 0.0204. The van der Waals surface area contributed by atoms with Crippen LogP contribution in [0.15, 0.2) is 57.8 Å². The number of nitrogens with zero attached hydrogens (tertiary/aromatic N) is 2. The Kier molecular flexibility index (Phi) is 5.06. The van der Waals surface area contributed by atoms with Crippen LogP contribution in [-0.4, -0.2) is 30.3 Å². The van der Waals surface area contributed by atoms with Crippen LogP contribution >= 0.6 is 11.6 Å². The number of sulfone groups is 1. The van der Waals surface area contributed by atoms with E-state index in [1.54, 1.807) is 37.3 Å². The summed E-state index contributed by atoms with van der Waals surface area (Å²) >= 11 is 5.86. The molecule has 134 valence electrons. The molecular weight excluding hydrogens is 378 g/mol. The zero-order chi connectivity index (χ0) is 18.7. The van der Waals surface area contributed by atoms with Gasteiger partial charge < -0.3 is 4.42 Å². The van der Waals surface area contributed by atoms with E-state index in [0.29, 0.717) is 16.1 Å². The molecule has 0 aliphatic carbocycles. The van der Waals surface area contributed by atoms with Crippen LogP contribution < -0.4 is 5.32 Å². The zero-order valence-corrected chi connectivity index (χ0v) is 15.2. The normalized spacial score (nSPS) is 11.3. The second kappa shape index (κ2) is 7.27. The summed E-state index contributed by atoms with van der Waals surface area (Å²) in [5.41, 5.74) is 0.891. The lowest BCUT2D eigenvalue weighted by molar-refractivity contribution is 0.102. The maximum atomic E-state index is 12.1. The van der Waals surface area contributed by atoms with Crippen LogP contribution in [0.5, 0.6) is 0 Å². The van der Waals surface area contributed by atoms with Gasteiger partial charge in [0.25, 0.3) is 5.91 Å². The maximum Gasteiger partial charge on any atom is 0.322 e. The van der Waals surface area contributed by atoms with Crippen molar-refractivity contribution in [3.8, 4) is 11.5 Å². The first kappa shape index (κ1) is 18.1. The minimum Gasteiger partial charge on any atom is -0.403 e. The number of carbonyl (C=O) groups excluding carboxylic acids is 1. The van der Waals surface area contributed by atoms with Gasteiger partial charge in [-0.05, 0) is 42.5 Å². The highest BCUT2D eigenvalue weighted by atomic mass is 35.5. The molecule has 0 atom stereocenters. The van der Waals surface area contributed by atoms with E-state index in [1.807, 2.05) is 0 Å². The van der Waals surface area contributed by atoms with Crippen molar-refractivity contribution >= 4 is 33.4 Å². The smallest absolute Gasteiger partial charge is 0.322 e. The third kappa shape index (κ3) is 3.92. The molecule has 0 bridgehead atoms. The van der Waals surface area contributed by atoms with Crippen LogP contribution in [0.1, 0.15) is 17.3 Å². The third-order valence-corrected chi connectivity index (χ3v) is 5.56. The van der Waals surface area contributed by atoms with Gasteiger partial charge in [-0.3, -0.25) is 10.1 Å². The minimum atomic E-state index is -3.28. The van der Waals surface area contributed by atoms with E-state index in [9.17, 15) is 13.2 Å². The average molecular weight is 392 g/mol. The largest absolute Gasteiger partial charge is 0.403 e. The number of aromatic nitrogens is 2. The predicted octanol–water partition coefficient (Wildman–Crippen LogP) is 3.44. The number of halogens is 1. The van der Waals surface area contributed by atoms with Crippen LogP contribution in [0.25, 0.3) is 11.5 Å². The molecule has 2 aromatic carbocycles. The Labute approximate surface area is 154 Å². The molecule has 3 aromatic rings. The predicted molar refractivity (Wildman–Crippen MR) is 96.9 cm³/mol. The molecule has 0 saturated carbocycles. The SMILES string of the molecule is CCS(=O)(=O)c1ccc(-c2nnc(NC(=O)c3cccc(Cl)c3)o2)cc1. The average Bonchev–Trinajstić information content (AvgIpc) is 3.10. The highest BCUT2D eigenvalue weighted by Crippen LogP contribution is 2.22. The summed E-state index contributed by atoms with van der Waals surface area (Å²) in [6.45, 7) is 1.58. The number of amides is 1. The molecule has 0 aliphatic rings. The Bertz CT molecular complexity index is 1050. The first-order valence-electron chi connectivity index (χ1n) is 7.62. The van der Waals surface area contributed by atoms with Gasteiger partial charge in [0.2, 0.25) is 5.89 Å². The summed E-state index contributed by atoms with van der Waals surface area (Å²) in [5, 5.41) is 10.5. The number of carbonyl (C=O) groups is 1. The van der Waals surface area contributed by atoms with E-state index in [2.05, 4.69) is 15.5 Å². The topological polar surface area (TPSA) is 102 Å². The molecule has 1 heterocycles. The van der Waals surface area contributed by atoms with E-state index in [-0.39, 0.29) is 22.6 Å². The van der Waals surface area contributed by atoms with Crippen LogP contribution in [0.4, 0.5) is 6.01 Å². The number of hydrogen-bond acceptors (Lipinski definition) is 6. The number of hydrogen-bond donors (Lipinski definition) is 1. The highest BCUT2D eigenvalue weighted by molar-refractivity contribution is 7.91. The molecule has 1 amide bonds. The molecule has 0 unspecified atom stereocenters. The van der Waals surface area contributed by atoms with Crippen LogP contribution in [0.2, 0.25) is 5.02 Å². The monoisotopic (exact) mass is 391 g/mol. The molecule has 1 N–H and O–H groups in total. The Balaban J connectivity index is 1.76. The standard InChI is InChI=1S/C17H14ClN3O4S/c1-2-26(23,24)14-8-6-11(7-9-14)16-20-21-17(25-16)19-15(22)12-4-3-5-13(18)10-12/h3-10H,2H2,1H3,(H,19,21,22). The Morgan fingerprint density at radius 3 is 2.54 bits per heavy atom. The Morgan fingerprint density at radius 1 is 1.15 bits per heavy atom. The fourth-order valence-corrected chi connectivity index (χ4v) is 3.24. The molecule has 3 rings (SSSR count). The maximum absolute atomic E-state index is 12.1. The van der Waals surface area contributed by atoms with Gasteiger partial charge in [0, 0.05) is 16.1 Å². The van der Waals surface area contributed by atoms with E-state index >= 15 is 0 Å². The summed E-state index contributed by atoms with van der Waals surface area (Å²) in [6, 6.07) is 12.4. The number of anilines is 1. The molecule has 26 heavy (non-hydrogen) atoms. The molecule has 0 fully saturated rings. The second-order valence-electron chi connectivity index (χ2n) is 5.30. The Hall–Kier alpha value is -2.71. The van der Waals surface area contributed by atoms with Gasteiger partial charge in [0.1, 0.15) is 0 Å².